The maximum absolute atomic E-state index is 9.08. The average Bonchev–Trinajstić information content (AvgIpc) is 2.89. The third-order valence-electron chi connectivity index (χ3n) is 2.87. The number of hydrogen-bond acceptors (Lipinski definition) is 3. The predicted molar refractivity (Wildman–Crippen MR) is 70.9 cm³/mol. The first-order valence-corrected chi connectivity index (χ1v) is 6.15. The van der Waals surface area contributed by atoms with E-state index in [1.807, 2.05) is 30.7 Å². The summed E-state index contributed by atoms with van der Waals surface area (Å²) in [5.74, 6) is 0. The predicted octanol–water partition coefficient (Wildman–Crippen LogP) is 1.55. The van der Waals surface area contributed by atoms with E-state index in [-0.39, 0.29) is 6.61 Å². The van der Waals surface area contributed by atoms with Gasteiger partial charge in [0.25, 0.3) is 0 Å². The molecule has 0 amide bonds. The number of imidazole rings is 1. The lowest BCUT2D eigenvalue weighted by atomic mass is 10.1. The Morgan fingerprint density at radius 1 is 1.39 bits per heavy atom. The van der Waals surface area contributed by atoms with E-state index in [4.69, 9.17) is 5.11 Å². The number of aliphatic hydroxyl groups is 1. The van der Waals surface area contributed by atoms with Crippen molar-refractivity contribution in [2.24, 2.45) is 0 Å². The van der Waals surface area contributed by atoms with Crippen LogP contribution in [0.15, 0.2) is 43.0 Å². The van der Waals surface area contributed by atoms with E-state index in [9.17, 15) is 0 Å². The van der Waals surface area contributed by atoms with Gasteiger partial charge in [-0.2, -0.15) is 0 Å². The third kappa shape index (κ3) is 3.68. The Bertz CT molecular complexity index is 468. The standard InChI is InChI=1S/C14H19N3O/c1-12(9-17-6-5-15-11-17)16-8-13-3-2-4-14(7-13)10-18/h2-7,11-12,16,18H,8-10H2,1H3/t12-/m0/s1. The zero-order chi connectivity index (χ0) is 12.8. The molecule has 0 fully saturated rings. The molecule has 18 heavy (non-hydrogen) atoms. The monoisotopic (exact) mass is 245 g/mol. The number of aliphatic hydroxyl groups excluding tert-OH is 1. The number of benzene rings is 1. The van der Waals surface area contributed by atoms with Crippen molar-refractivity contribution in [3.8, 4) is 0 Å². The van der Waals surface area contributed by atoms with Crippen LogP contribution in [0.25, 0.3) is 0 Å². The lowest BCUT2D eigenvalue weighted by Gasteiger charge is -2.14. The van der Waals surface area contributed by atoms with Gasteiger partial charge < -0.3 is 15.0 Å². The molecule has 0 unspecified atom stereocenters. The van der Waals surface area contributed by atoms with Crippen molar-refractivity contribution in [1.82, 2.24) is 14.9 Å². The van der Waals surface area contributed by atoms with Crippen molar-refractivity contribution in [2.75, 3.05) is 0 Å². The second-order valence-electron chi connectivity index (χ2n) is 4.52. The van der Waals surface area contributed by atoms with Crippen molar-refractivity contribution in [2.45, 2.75) is 32.7 Å². The highest BCUT2D eigenvalue weighted by molar-refractivity contribution is 5.22. The van der Waals surface area contributed by atoms with E-state index in [2.05, 4.69) is 27.9 Å². The lowest BCUT2D eigenvalue weighted by Crippen LogP contribution is -2.29. The Morgan fingerprint density at radius 2 is 2.22 bits per heavy atom. The fourth-order valence-electron chi connectivity index (χ4n) is 1.91. The van der Waals surface area contributed by atoms with Crippen LogP contribution < -0.4 is 5.32 Å². The number of nitrogens with one attached hydrogen (secondary N) is 1. The maximum atomic E-state index is 9.08. The van der Waals surface area contributed by atoms with Crippen molar-refractivity contribution >= 4 is 0 Å². The highest BCUT2D eigenvalue weighted by atomic mass is 16.3. The van der Waals surface area contributed by atoms with Crippen LogP contribution in [0.5, 0.6) is 0 Å². The summed E-state index contributed by atoms with van der Waals surface area (Å²) in [4.78, 5) is 4.02. The summed E-state index contributed by atoms with van der Waals surface area (Å²) in [5.41, 5.74) is 2.15. The molecule has 0 aliphatic rings. The molecule has 96 valence electrons. The lowest BCUT2D eigenvalue weighted by molar-refractivity contribution is 0.281. The number of aromatic nitrogens is 2. The zero-order valence-corrected chi connectivity index (χ0v) is 10.6. The number of hydrogen-bond donors (Lipinski definition) is 2. The molecule has 1 aromatic heterocycles. The first kappa shape index (κ1) is 12.8. The van der Waals surface area contributed by atoms with Crippen molar-refractivity contribution in [3.63, 3.8) is 0 Å². The summed E-state index contributed by atoms with van der Waals surface area (Å²) in [5, 5.41) is 12.5. The first-order valence-electron chi connectivity index (χ1n) is 6.15. The fraction of sp³-hybridized carbons (Fsp3) is 0.357. The van der Waals surface area contributed by atoms with Gasteiger partial charge in [0, 0.05) is 31.5 Å². The van der Waals surface area contributed by atoms with Gasteiger partial charge in [-0.1, -0.05) is 24.3 Å². The Kier molecular flexibility index (Phi) is 4.50. The first-order chi connectivity index (χ1) is 8.78. The molecule has 0 bridgehead atoms. The highest BCUT2D eigenvalue weighted by Gasteiger charge is 2.02. The maximum Gasteiger partial charge on any atom is 0.0946 e. The van der Waals surface area contributed by atoms with Gasteiger partial charge in [-0.05, 0) is 18.1 Å². The number of nitrogens with zero attached hydrogens (tertiary/aromatic N) is 2. The summed E-state index contributed by atoms with van der Waals surface area (Å²) in [7, 11) is 0. The average molecular weight is 245 g/mol. The van der Waals surface area contributed by atoms with Gasteiger partial charge in [0.05, 0.1) is 12.9 Å². The molecule has 4 heteroatoms. The molecule has 4 nitrogen and oxygen atoms in total. The Morgan fingerprint density at radius 3 is 2.94 bits per heavy atom. The van der Waals surface area contributed by atoms with E-state index in [1.165, 1.54) is 5.56 Å². The van der Waals surface area contributed by atoms with Gasteiger partial charge in [-0.3, -0.25) is 0 Å². The Hall–Kier alpha value is -1.65. The highest BCUT2D eigenvalue weighted by Crippen LogP contribution is 2.05. The Labute approximate surface area is 107 Å². The summed E-state index contributed by atoms with van der Waals surface area (Å²) in [6, 6.07) is 8.37. The topological polar surface area (TPSA) is 50.1 Å². The van der Waals surface area contributed by atoms with Crippen LogP contribution in [0, 0.1) is 0 Å². The molecule has 2 aromatic rings. The molecular formula is C14H19N3O. The van der Waals surface area contributed by atoms with Gasteiger partial charge in [0.2, 0.25) is 0 Å². The molecule has 0 radical (unpaired) electrons. The zero-order valence-electron chi connectivity index (χ0n) is 10.6. The van der Waals surface area contributed by atoms with E-state index in [1.54, 1.807) is 6.20 Å². The Balaban J connectivity index is 1.83. The van der Waals surface area contributed by atoms with Crippen molar-refractivity contribution in [1.29, 1.82) is 0 Å². The van der Waals surface area contributed by atoms with Crippen LogP contribution in [-0.2, 0) is 19.7 Å². The van der Waals surface area contributed by atoms with Gasteiger partial charge in [-0.15, -0.1) is 0 Å². The fourth-order valence-corrected chi connectivity index (χ4v) is 1.91. The number of rotatable bonds is 6. The summed E-state index contributed by atoms with van der Waals surface area (Å²) in [6.45, 7) is 3.96. The molecule has 0 saturated carbocycles. The minimum Gasteiger partial charge on any atom is -0.392 e. The van der Waals surface area contributed by atoms with Crippen molar-refractivity contribution < 1.29 is 5.11 Å². The van der Waals surface area contributed by atoms with E-state index >= 15 is 0 Å². The molecular weight excluding hydrogens is 226 g/mol. The van der Waals surface area contributed by atoms with Gasteiger partial charge >= 0.3 is 0 Å². The minimum atomic E-state index is 0.0957. The van der Waals surface area contributed by atoms with Crippen LogP contribution >= 0.6 is 0 Å². The second kappa shape index (κ2) is 6.33. The molecule has 2 rings (SSSR count). The van der Waals surface area contributed by atoms with Gasteiger partial charge in [-0.25, -0.2) is 4.98 Å². The third-order valence-corrected chi connectivity index (χ3v) is 2.87. The smallest absolute Gasteiger partial charge is 0.0946 e. The normalized spacial score (nSPS) is 12.6. The minimum absolute atomic E-state index is 0.0957. The summed E-state index contributed by atoms with van der Waals surface area (Å²) in [6.07, 6.45) is 5.58. The van der Waals surface area contributed by atoms with Crippen LogP contribution in [0.3, 0.4) is 0 Å². The van der Waals surface area contributed by atoms with Gasteiger partial charge in [0.1, 0.15) is 0 Å². The summed E-state index contributed by atoms with van der Waals surface area (Å²) >= 11 is 0. The second-order valence-corrected chi connectivity index (χ2v) is 4.52. The molecule has 1 heterocycles. The van der Waals surface area contributed by atoms with Gasteiger partial charge in [0.15, 0.2) is 0 Å². The molecule has 2 N–H and O–H groups in total. The molecule has 0 spiro atoms. The summed E-state index contributed by atoms with van der Waals surface area (Å²) < 4.78 is 2.06. The van der Waals surface area contributed by atoms with Crippen LogP contribution in [0.4, 0.5) is 0 Å². The van der Waals surface area contributed by atoms with E-state index in [0.29, 0.717) is 6.04 Å². The van der Waals surface area contributed by atoms with Crippen molar-refractivity contribution in [3.05, 3.63) is 54.1 Å². The largest absolute Gasteiger partial charge is 0.392 e. The quantitative estimate of drug-likeness (QED) is 0.812. The van der Waals surface area contributed by atoms with Crippen LogP contribution in [-0.4, -0.2) is 20.7 Å². The van der Waals surface area contributed by atoms with Crippen LogP contribution in [0.1, 0.15) is 18.1 Å². The molecule has 0 saturated heterocycles. The van der Waals surface area contributed by atoms with E-state index in [0.717, 1.165) is 18.7 Å². The molecule has 1 aromatic carbocycles. The SMILES string of the molecule is C[C@@H](Cn1ccnc1)NCc1cccc(CO)c1. The molecule has 0 aliphatic carbocycles. The van der Waals surface area contributed by atoms with E-state index < -0.39 is 0 Å². The molecule has 1 atom stereocenters. The molecule has 0 aliphatic heterocycles. The van der Waals surface area contributed by atoms with Crippen LogP contribution in [0.2, 0.25) is 0 Å².